The van der Waals surface area contributed by atoms with Crippen molar-refractivity contribution in [3.05, 3.63) is 53.6 Å². The van der Waals surface area contributed by atoms with Gasteiger partial charge < -0.3 is 19.9 Å². The summed E-state index contributed by atoms with van der Waals surface area (Å²) in [5.41, 5.74) is 8.05. The number of hydrogen-bond acceptors (Lipinski definition) is 4. The third kappa shape index (κ3) is 3.11. The fourth-order valence-electron chi connectivity index (χ4n) is 2.21. The number of nitrogens with two attached hydrogens (primary N) is 1. The molecule has 0 saturated carbocycles. The molecular formula is C17H19NO3. The number of benzene rings is 2. The molecular weight excluding hydrogens is 266 g/mol. The summed E-state index contributed by atoms with van der Waals surface area (Å²) in [5.74, 6) is 2.66. The highest BCUT2D eigenvalue weighted by Crippen LogP contribution is 2.35. The molecule has 2 aromatic carbocycles. The van der Waals surface area contributed by atoms with Crippen LogP contribution in [0.4, 0.5) is 0 Å². The van der Waals surface area contributed by atoms with Crippen LogP contribution in [0.3, 0.4) is 0 Å². The highest BCUT2D eigenvalue weighted by Gasteiger charge is 2.13. The van der Waals surface area contributed by atoms with Crippen LogP contribution in [0.5, 0.6) is 17.2 Å². The van der Waals surface area contributed by atoms with Gasteiger partial charge in [-0.3, -0.25) is 0 Å². The molecule has 110 valence electrons. The van der Waals surface area contributed by atoms with E-state index in [1.165, 1.54) is 5.56 Å². The molecule has 21 heavy (non-hydrogen) atoms. The summed E-state index contributed by atoms with van der Waals surface area (Å²) in [6.45, 7) is 3.58. The Morgan fingerprint density at radius 2 is 1.86 bits per heavy atom. The topological polar surface area (TPSA) is 53.7 Å². The van der Waals surface area contributed by atoms with Gasteiger partial charge in [0.05, 0.1) is 0 Å². The van der Waals surface area contributed by atoms with Gasteiger partial charge in [0.15, 0.2) is 11.5 Å². The normalized spacial score (nSPS) is 14.0. The van der Waals surface area contributed by atoms with Crippen LogP contribution >= 0.6 is 0 Å². The quantitative estimate of drug-likeness (QED) is 0.917. The van der Waals surface area contributed by atoms with Crippen molar-refractivity contribution >= 4 is 0 Å². The predicted molar refractivity (Wildman–Crippen MR) is 80.8 cm³/mol. The van der Waals surface area contributed by atoms with Gasteiger partial charge in [0.1, 0.15) is 12.4 Å². The minimum absolute atomic E-state index is 0.277. The third-order valence-corrected chi connectivity index (χ3v) is 3.65. The van der Waals surface area contributed by atoms with E-state index < -0.39 is 0 Å². The van der Waals surface area contributed by atoms with Crippen molar-refractivity contribution in [1.82, 2.24) is 0 Å². The predicted octanol–water partition coefficient (Wildman–Crippen LogP) is 3.06. The first-order chi connectivity index (χ1) is 10.3. The molecule has 1 heterocycles. The molecule has 4 heteroatoms. The molecule has 0 spiro atoms. The minimum atomic E-state index is 0.277. The highest BCUT2D eigenvalue weighted by atomic mass is 16.7. The standard InChI is InChI=1S/C17H19NO3/c1-12(9-18)14-4-2-13(3-5-14)10-19-15-6-7-16-17(8-15)21-11-20-16/h2-8,12H,9-11,18H2,1H3. The first kappa shape index (κ1) is 13.8. The Morgan fingerprint density at radius 3 is 2.62 bits per heavy atom. The number of fused-ring (bicyclic) bond motifs is 1. The molecule has 1 atom stereocenters. The zero-order valence-corrected chi connectivity index (χ0v) is 12.0. The van der Waals surface area contributed by atoms with Gasteiger partial charge in [-0.2, -0.15) is 0 Å². The Hall–Kier alpha value is -2.20. The van der Waals surface area contributed by atoms with Crippen molar-refractivity contribution < 1.29 is 14.2 Å². The number of rotatable bonds is 5. The van der Waals surface area contributed by atoms with Crippen LogP contribution in [0.25, 0.3) is 0 Å². The average Bonchev–Trinajstić information content (AvgIpc) is 3.00. The molecule has 3 rings (SSSR count). The van der Waals surface area contributed by atoms with Gasteiger partial charge in [-0.15, -0.1) is 0 Å². The minimum Gasteiger partial charge on any atom is -0.489 e. The summed E-state index contributed by atoms with van der Waals surface area (Å²) in [7, 11) is 0. The van der Waals surface area contributed by atoms with Gasteiger partial charge >= 0.3 is 0 Å². The van der Waals surface area contributed by atoms with E-state index in [1.54, 1.807) is 0 Å². The van der Waals surface area contributed by atoms with Gasteiger partial charge in [-0.05, 0) is 35.7 Å². The average molecular weight is 285 g/mol. The van der Waals surface area contributed by atoms with Crippen LogP contribution in [-0.4, -0.2) is 13.3 Å². The first-order valence-corrected chi connectivity index (χ1v) is 7.07. The fourth-order valence-corrected chi connectivity index (χ4v) is 2.21. The maximum atomic E-state index is 5.78. The molecule has 1 aliphatic heterocycles. The van der Waals surface area contributed by atoms with Crippen LogP contribution in [0.2, 0.25) is 0 Å². The van der Waals surface area contributed by atoms with Gasteiger partial charge in [0, 0.05) is 6.07 Å². The smallest absolute Gasteiger partial charge is 0.231 e. The van der Waals surface area contributed by atoms with Crippen molar-refractivity contribution in [1.29, 1.82) is 0 Å². The molecule has 0 amide bonds. The second-order valence-corrected chi connectivity index (χ2v) is 5.18. The molecule has 0 saturated heterocycles. The van der Waals surface area contributed by atoms with E-state index in [0.29, 0.717) is 19.1 Å². The largest absolute Gasteiger partial charge is 0.489 e. The van der Waals surface area contributed by atoms with E-state index in [0.717, 1.165) is 22.8 Å². The van der Waals surface area contributed by atoms with Crippen molar-refractivity contribution in [2.24, 2.45) is 5.73 Å². The molecule has 2 N–H and O–H groups in total. The molecule has 0 aliphatic carbocycles. The molecule has 0 bridgehead atoms. The van der Waals surface area contributed by atoms with E-state index in [4.69, 9.17) is 19.9 Å². The third-order valence-electron chi connectivity index (χ3n) is 3.65. The van der Waals surface area contributed by atoms with Gasteiger partial charge in [-0.1, -0.05) is 31.2 Å². The maximum Gasteiger partial charge on any atom is 0.231 e. The zero-order chi connectivity index (χ0) is 14.7. The first-order valence-electron chi connectivity index (χ1n) is 7.07. The zero-order valence-electron chi connectivity index (χ0n) is 12.0. The van der Waals surface area contributed by atoms with Crippen LogP contribution in [0.15, 0.2) is 42.5 Å². The highest BCUT2D eigenvalue weighted by molar-refractivity contribution is 5.46. The van der Waals surface area contributed by atoms with E-state index in [9.17, 15) is 0 Å². The second kappa shape index (κ2) is 6.06. The Kier molecular flexibility index (Phi) is 3.97. The van der Waals surface area contributed by atoms with E-state index >= 15 is 0 Å². The van der Waals surface area contributed by atoms with E-state index in [1.807, 2.05) is 18.2 Å². The Balaban J connectivity index is 1.62. The summed E-state index contributed by atoms with van der Waals surface area (Å²) >= 11 is 0. The second-order valence-electron chi connectivity index (χ2n) is 5.18. The lowest BCUT2D eigenvalue weighted by Crippen LogP contribution is -2.08. The van der Waals surface area contributed by atoms with Crippen molar-refractivity contribution in [3.63, 3.8) is 0 Å². The van der Waals surface area contributed by atoms with Crippen LogP contribution in [-0.2, 0) is 6.61 Å². The summed E-state index contributed by atoms with van der Waals surface area (Å²) in [5, 5.41) is 0. The molecule has 0 aromatic heterocycles. The van der Waals surface area contributed by atoms with Crippen LogP contribution < -0.4 is 19.9 Å². The van der Waals surface area contributed by atoms with Crippen LogP contribution in [0.1, 0.15) is 24.0 Å². The van der Waals surface area contributed by atoms with E-state index in [2.05, 4.69) is 31.2 Å². The molecule has 0 radical (unpaired) electrons. The van der Waals surface area contributed by atoms with Crippen LogP contribution in [0, 0.1) is 0 Å². The summed E-state index contributed by atoms with van der Waals surface area (Å²) in [4.78, 5) is 0. The Labute approximate surface area is 124 Å². The van der Waals surface area contributed by atoms with Crippen molar-refractivity contribution in [2.75, 3.05) is 13.3 Å². The van der Waals surface area contributed by atoms with Gasteiger partial charge in [0.2, 0.25) is 6.79 Å². The lowest BCUT2D eigenvalue weighted by atomic mass is 10.0. The van der Waals surface area contributed by atoms with Gasteiger partial charge in [0.25, 0.3) is 0 Å². The van der Waals surface area contributed by atoms with Crippen molar-refractivity contribution in [3.8, 4) is 17.2 Å². The molecule has 2 aromatic rings. The lowest BCUT2D eigenvalue weighted by molar-refractivity contribution is 0.173. The Bertz CT molecular complexity index is 610. The summed E-state index contributed by atoms with van der Waals surface area (Å²) in [6.07, 6.45) is 0. The fraction of sp³-hybridized carbons (Fsp3) is 0.294. The SMILES string of the molecule is CC(CN)c1ccc(COc2ccc3c(c2)OCO3)cc1. The van der Waals surface area contributed by atoms with E-state index in [-0.39, 0.29) is 6.79 Å². The number of ether oxygens (including phenoxy) is 3. The summed E-state index contributed by atoms with van der Waals surface area (Å²) in [6, 6.07) is 14.0. The lowest BCUT2D eigenvalue weighted by Gasteiger charge is -2.10. The molecule has 1 unspecified atom stereocenters. The maximum absolute atomic E-state index is 5.78. The molecule has 1 aliphatic rings. The Morgan fingerprint density at radius 1 is 1.10 bits per heavy atom. The monoisotopic (exact) mass is 285 g/mol. The molecule has 4 nitrogen and oxygen atoms in total. The van der Waals surface area contributed by atoms with Gasteiger partial charge in [-0.25, -0.2) is 0 Å². The number of hydrogen-bond donors (Lipinski definition) is 1. The van der Waals surface area contributed by atoms with Crippen molar-refractivity contribution in [2.45, 2.75) is 19.4 Å². The molecule has 0 fully saturated rings. The summed E-state index contributed by atoms with van der Waals surface area (Å²) < 4.78 is 16.4.